The van der Waals surface area contributed by atoms with Crippen LogP contribution in [0.15, 0.2) is 212 Å². The third-order valence-corrected chi connectivity index (χ3v) is 17.9. The van der Waals surface area contributed by atoms with Gasteiger partial charge in [-0.25, -0.2) is 0 Å². The number of rotatable bonds is 7. The van der Waals surface area contributed by atoms with Crippen LogP contribution in [0.4, 0.5) is 45.5 Å². The number of aryl methyl sites for hydroxylation is 2. The van der Waals surface area contributed by atoms with E-state index in [9.17, 15) is 0 Å². The standard InChI is InChI=1S/C77H74BN3/c1-49-44-53(51-22-16-14-17-23-51)28-41-67(49)80(68-42-29-54(45-50(68)2)52-24-18-15-19-25-52)60-47-63-61-39-40-65-71(62-26-20-21-27-64(62)77(65,12)13)73(61)81(59-37-32-56(33-38-59)75(6,7)8)78-66-46-57(76(9,10)11)34-43-69(66)79(70(48-60)72(63)78)58-35-30-55(31-36-58)74(3,4)5/h14-48H,1-13H3. The number of nitrogens with zero attached hydrogens (tertiary/aromatic N) is 3. The fourth-order valence-corrected chi connectivity index (χ4v) is 13.4. The summed E-state index contributed by atoms with van der Waals surface area (Å²) in [5.74, 6) is 0. The van der Waals surface area contributed by atoms with Crippen molar-refractivity contribution >= 4 is 63.3 Å². The van der Waals surface area contributed by atoms with Gasteiger partial charge >= 0.3 is 6.85 Å². The van der Waals surface area contributed by atoms with Crippen LogP contribution in [0, 0.1) is 13.8 Å². The summed E-state index contributed by atoms with van der Waals surface area (Å²) in [5, 5.41) is 0. The van der Waals surface area contributed by atoms with E-state index in [4.69, 9.17) is 0 Å². The lowest BCUT2D eigenvalue weighted by molar-refractivity contribution is 0.590. The minimum atomic E-state index is -0.209. The van der Waals surface area contributed by atoms with E-state index < -0.39 is 0 Å². The molecule has 81 heavy (non-hydrogen) atoms. The molecule has 2 aliphatic heterocycles. The molecular weight excluding hydrogens is 978 g/mol. The van der Waals surface area contributed by atoms with Crippen molar-refractivity contribution < 1.29 is 0 Å². The second kappa shape index (κ2) is 18.9. The van der Waals surface area contributed by atoms with Gasteiger partial charge in [0.05, 0.1) is 0 Å². The first-order valence-electron chi connectivity index (χ1n) is 29.2. The van der Waals surface area contributed by atoms with Gasteiger partial charge in [-0.2, -0.15) is 0 Å². The van der Waals surface area contributed by atoms with Gasteiger partial charge in [-0.3, -0.25) is 0 Å². The Balaban J connectivity index is 1.17. The molecule has 3 nitrogen and oxygen atoms in total. The summed E-state index contributed by atoms with van der Waals surface area (Å²) in [6.07, 6.45) is 0. The Hall–Kier alpha value is -8.34. The molecule has 2 heterocycles. The normalized spacial score (nSPS) is 14.0. The van der Waals surface area contributed by atoms with Crippen molar-refractivity contribution in [3.63, 3.8) is 0 Å². The molecule has 0 atom stereocenters. The maximum absolute atomic E-state index is 2.76. The lowest BCUT2D eigenvalue weighted by atomic mass is 9.43. The summed E-state index contributed by atoms with van der Waals surface area (Å²) < 4.78 is 0. The molecule has 0 fully saturated rings. The topological polar surface area (TPSA) is 9.72 Å². The van der Waals surface area contributed by atoms with Crippen molar-refractivity contribution in [1.29, 1.82) is 0 Å². The minimum absolute atomic E-state index is 0.00682. The molecule has 0 saturated heterocycles. The summed E-state index contributed by atoms with van der Waals surface area (Å²) in [5.41, 5.74) is 30.7. The van der Waals surface area contributed by atoms with Crippen LogP contribution >= 0.6 is 0 Å². The fourth-order valence-electron chi connectivity index (χ4n) is 13.4. The van der Waals surface area contributed by atoms with Gasteiger partial charge in [0, 0.05) is 62.0 Å². The van der Waals surface area contributed by atoms with Crippen molar-refractivity contribution in [2.24, 2.45) is 0 Å². The smallest absolute Gasteiger partial charge is 0.333 e. The highest BCUT2D eigenvalue weighted by atomic mass is 15.2. The molecule has 0 N–H and O–H groups in total. The van der Waals surface area contributed by atoms with Crippen LogP contribution in [0.25, 0.3) is 44.5 Å². The monoisotopic (exact) mass is 1050 g/mol. The molecule has 0 aromatic heterocycles. The molecule has 0 spiro atoms. The van der Waals surface area contributed by atoms with E-state index in [0.29, 0.717) is 0 Å². The van der Waals surface area contributed by atoms with Gasteiger partial charge in [-0.15, -0.1) is 0 Å². The summed E-state index contributed by atoms with van der Waals surface area (Å²) in [6, 6.07) is 81.2. The highest BCUT2D eigenvalue weighted by Crippen LogP contribution is 2.59. The van der Waals surface area contributed by atoms with Crippen molar-refractivity contribution in [3.05, 3.63) is 251 Å². The van der Waals surface area contributed by atoms with Crippen LogP contribution in [0.3, 0.4) is 0 Å². The lowest BCUT2D eigenvalue weighted by Crippen LogP contribution is -2.62. The zero-order valence-electron chi connectivity index (χ0n) is 49.6. The van der Waals surface area contributed by atoms with Gasteiger partial charge in [0.15, 0.2) is 0 Å². The Morgan fingerprint density at radius 1 is 0.407 bits per heavy atom. The summed E-state index contributed by atoms with van der Waals surface area (Å²) in [6.45, 7) is 30.2. The molecule has 0 unspecified atom stereocenters. The van der Waals surface area contributed by atoms with Gasteiger partial charge in [0.25, 0.3) is 0 Å². The molecule has 400 valence electrons. The SMILES string of the molecule is Cc1cc(-c2ccccc2)ccc1N(c1cc2c3c(c1)N(c1ccc(C(C)(C)C)cc1)c1ccc(C(C)(C)C)cc1B3N(c1ccc(C(C)(C)C)cc1)c1c-2ccc2c1-c1ccccc1C2(C)C)c1ccc(-c2ccccc2)cc1C. The van der Waals surface area contributed by atoms with E-state index in [-0.39, 0.29) is 28.5 Å². The van der Waals surface area contributed by atoms with Crippen LogP contribution in [-0.2, 0) is 21.7 Å². The molecular formula is C77H74BN3. The van der Waals surface area contributed by atoms with Crippen LogP contribution in [0.5, 0.6) is 0 Å². The van der Waals surface area contributed by atoms with Gasteiger partial charge in [0.2, 0.25) is 0 Å². The van der Waals surface area contributed by atoms with E-state index >= 15 is 0 Å². The first-order chi connectivity index (χ1) is 38.7. The Kier molecular flexibility index (Phi) is 12.1. The quantitative estimate of drug-likeness (QED) is 0.147. The predicted molar refractivity (Wildman–Crippen MR) is 349 cm³/mol. The summed E-state index contributed by atoms with van der Waals surface area (Å²) in [7, 11) is 0. The molecule has 13 rings (SSSR count). The number of hydrogen-bond acceptors (Lipinski definition) is 3. The molecule has 3 aliphatic rings. The second-order valence-electron chi connectivity index (χ2n) is 26.8. The molecule has 10 aromatic carbocycles. The lowest BCUT2D eigenvalue weighted by Gasteiger charge is -2.47. The first-order valence-corrected chi connectivity index (χ1v) is 29.2. The highest BCUT2D eigenvalue weighted by molar-refractivity contribution is 6.93. The van der Waals surface area contributed by atoms with Gasteiger partial charge in [-0.05, 0) is 180 Å². The number of benzene rings is 10. The first kappa shape index (κ1) is 52.1. The Bertz CT molecular complexity index is 4000. The van der Waals surface area contributed by atoms with Crippen molar-refractivity contribution in [1.82, 2.24) is 0 Å². The third-order valence-electron chi connectivity index (χ3n) is 17.9. The zero-order chi connectivity index (χ0) is 56.5. The largest absolute Gasteiger partial charge is 0.376 e. The average Bonchev–Trinajstić information content (AvgIpc) is 3.87. The van der Waals surface area contributed by atoms with E-state index in [2.05, 4.69) is 317 Å². The number of fused-ring (bicyclic) bond motifs is 8. The number of anilines is 8. The molecule has 0 bridgehead atoms. The molecule has 4 heteroatoms. The molecule has 0 radical (unpaired) electrons. The predicted octanol–water partition coefficient (Wildman–Crippen LogP) is 20.0. The maximum atomic E-state index is 2.76. The second-order valence-corrected chi connectivity index (χ2v) is 26.8. The van der Waals surface area contributed by atoms with Gasteiger partial charge < -0.3 is 14.6 Å². The van der Waals surface area contributed by atoms with Crippen molar-refractivity contribution in [2.75, 3.05) is 14.6 Å². The van der Waals surface area contributed by atoms with E-state index in [1.54, 1.807) is 0 Å². The fraction of sp³-hybridized carbons (Fsp3) is 0.221. The van der Waals surface area contributed by atoms with Crippen molar-refractivity contribution in [3.8, 4) is 44.5 Å². The van der Waals surface area contributed by atoms with Crippen LogP contribution < -0.4 is 25.5 Å². The van der Waals surface area contributed by atoms with E-state index in [1.165, 1.54) is 117 Å². The van der Waals surface area contributed by atoms with Crippen LogP contribution in [-0.4, -0.2) is 6.85 Å². The van der Waals surface area contributed by atoms with Crippen LogP contribution in [0.2, 0.25) is 0 Å². The number of hydrogen-bond donors (Lipinski definition) is 0. The van der Waals surface area contributed by atoms with E-state index in [1.807, 2.05) is 0 Å². The Morgan fingerprint density at radius 2 is 0.926 bits per heavy atom. The van der Waals surface area contributed by atoms with E-state index in [0.717, 1.165) is 22.7 Å². The third kappa shape index (κ3) is 8.64. The summed E-state index contributed by atoms with van der Waals surface area (Å²) >= 11 is 0. The van der Waals surface area contributed by atoms with Gasteiger partial charge in [0.1, 0.15) is 0 Å². The molecule has 1 aliphatic carbocycles. The molecule has 10 aromatic rings. The van der Waals surface area contributed by atoms with Crippen molar-refractivity contribution in [2.45, 2.75) is 112 Å². The summed E-state index contributed by atoms with van der Waals surface area (Å²) in [4.78, 5) is 7.91. The molecule has 0 amide bonds. The Morgan fingerprint density at radius 3 is 1.47 bits per heavy atom. The highest BCUT2D eigenvalue weighted by Gasteiger charge is 2.49. The van der Waals surface area contributed by atoms with Crippen LogP contribution in [0.1, 0.15) is 115 Å². The average molecular weight is 1050 g/mol. The molecule has 0 saturated carbocycles. The minimum Gasteiger partial charge on any atom is -0.376 e. The maximum Gasteiger partial charge on any atom is 0.333 e. The zero-order valence-corrected chi connectivity index (χ0v) is 49.6. The van der Waals surface area contributed by atoms with Gasteiger partial charge in [-0.1, -0.05) is 222 Å². The Labute approximate surface area is 482 Å².